The summed E-state index contributed by atoms with van der Waals surface area (Å²) in [4.78, 5) is 24.2. The molecule has 3 rings (SSSR count). The molecule has 0 aliphatic heterocycles. The van der Waals surface area contributed by atoms with E-state index in [9.17, 15) is 14.7 Å². The van der Waals surface area contributed by atoms with Crippen LogP contribution in [0.2, 0.25) is 0 Å². The van der Waals surface area contributed by atoms with Crippen LogP contribution in [-0.4, -0.2) is 17.0 Å². The molecule has 0 heterocycles. The highest BCUT2D eigenvalue weighted by molar-refractivity contribution is 6.08. The van der Waals surface area contributed by atoms with Gasteiger partial charge in [-0.3, -0.25) is 4.79 Å². The fraction of sp³-hybridized carbons (Fsp3) is 0.0909. The molecule has 0 atom stereocenters. The van der Waals surface area contributed by atoms with Gasteiger partial charge in [-0.25, -0.2) is 4.79 Å². The number of aromatic carboxylic acids is 1. The van der Waals surface area contributed by atoms with Gasteiger partial charge in [0.1, 0.15) is 11.5 Å². The molecule has 0 aliphatic rings. The lowest BCUT2D eigenvalue weighted by Crippen LogP contribution is -2.16. The number of carboxylic acid groups (broad SMARTS) is 1. The Bertz CT molecular complexity index is 996. The van der Waals surface area contributed by atoms with E-state index in [1.54, 1.807) is 30.3 Å². The fourth-order valence-electron chi connectivity index (χ4n) is 2.69. The van der Waals surface area contributed by atoms with E-state index in [4.69, 9.17) is 4.74 Å². The van der Waals surface area contributed by atoms with Gasteiger partial charge in [-0.15, -0.1) is 0 Å². The first-order valence-corrected chi connectivity index (χ1v) is 8.43. The number of aryl methyl sites for hydroxylation is 1. The van der Waals surface area contributed by atoms with Crippen LogP contribution in [0.1, 0.15) is 31.8 Å². The summed E-state index contributed by atoms with van der Waals surface area (Å²) < 4.78 is 5.74. The average molecular weight is 361 g/mol. The van der Waals surface area contributed by atoms with E-state index in [1.807, 2.05) is 38.1 Å². The first-order valence-electron chi connectivity index (χ1n) is 8.43. The number of hydrogen-bond donors (Lipinski definition) is 2. The zero-order valence-electron chi connectivity index (χ0n) is 15.0. The van der Waals surface area contributed by atoms with Crippen molar-refractivity contribution in [2.45, 2.75) is 13.8 Å². The second kappa shape index (κ2) is 7.74. The van der Waals surface area contributed by atoms with Crippen LogP contribution in [0, 0.1) is 13.8 Å². The monoisotopic (exact) mass is 361 g/mol. The Balaban J connectivity index is 1.92. The minimum Gasteiger partial charge on any atom is -0.478 e. The van der Waals surface area contributed by atoms with Gasteiger partial charge in [0, 0.05) is 11.6 Å². The zero-order chi connectivity index (χ0) is 19.4. The topological polar surface area (TPSA) is 75.6 Å². The molecule has 1 amide bonds. The number of carbonyl (C=O) groups excluding carboxylic acids is 1. The third-order valence-electron chi connectivity index (χ3n) is 4.30. The first kappa shape index (κ1) is 18.2. The number of rotatable bonds is 5. The smallest absolute Gasteiger partial charge is 0.337 e. The quantitative estimate of drug-likeness (QED) is 0.667. The van der Waals surface area contributed by atoms with Crippen molar-refractivity contribution in [3.63, 3.8) is 0 Å². The van der Waals surface area contributed by atoms with Gasteiger partial charge in [0.25, 0.3) is 5.91 Å². The predicted molar refractivity (Wildman–Crippen MR) is 104 cm³/mol. The van der Waals surface area contributed by atoms with Crippen molar-refractivity contribution in [1.82, 2.24) is 0 Å². The van der Waals surface area contributed by atoms with Crippen molar-refractivity contribution in [3.05, 3.63) is 89.0 Å². The van der Waals surface area contributed by atoms with Crippen LogP contribution >= 0.6 is 0 Å². The minimum atomic E-state index is -1.13. The maximum Gasteiger partial charge on any atom is 0.337 e. The van der Waals surface area contributed by atoms with Crippen LogP contribution in [-0.2, 0) is 0 Å². The van der Waals surface area contributed by atoms with Crippen LogP contribution in [0.3, 0.4) is 0 Å². The Morgan fingerprint density at radius 1 is 0.852 bits per heavy atom. The van der Waals surface area contributed by atoms with E-state index in [0.29, 0.717) is 17.1 Å². The lowest BCUT2D eigenvalue weighted by atomic mass is 10.0. The number of hydrogen-bond acceptors (Lipinski definition) is 3. The van der Waals surface area contributed by atoms with Crippen molar-refractivity contribution in [3.8, 4) is 11.5 Å². The van der Waals surface area contributed by atoms with Crippen molar-refractivity contribution in [2.75, 3.05) is 5.32 Å². The number of para-hydroxylation sites is 1. The third kappa shape index (κ3) is 4.15. The molecule has 2 N–H and O–H groups in total. The number of carboxylic acids is 1. The molecule has 0 aromatic heterocycles. The Labute approximate surface area is 157 Å². The summed E-state index contributed by atoms with van der Waals surface area (Å²) in [5, 5.41) is 12.1. The number of amides is 1. The van der Waals surface area contributed by atoms with E-state index in [1.165, 1.54) is 12.1 Å². The molecule has 27 heavy (non-hydrogen) atoms. The number of benzene rings is 3. The first-order chi connectivity index (χ1) is 13.0. The van der Waals surface area contributed by atoms with Gasteiger partial charge in [-0.05, 0) is 55.3 Å². The summed E-state index contributed by atoms with van der Waals surface area (Å²) in [5.41, 5.74) is 2.52. The van der Waals surface area contributed by atoms with Gasteiger partial charge >= 0.3 is 5.97 Å². The lowest BCUT2D eigenvalue weighted by Gasteiger charge is -2.13. The van der Waals surface area contributed by atoms with Crippen molar-refractivity contribution in [1.29, 1.82) is 0 Å². The molecule has 0 aliphatic carbocycles. The van der Waals surface area contributed by atoms with E-state index >= 15 is 0 Å². The van der Waals surface area contributed by atoms with Gasteiger partial charge in [0.15, 0.2) is 0 Å². The van der Waals surface area contributed by atoms with E-state index in [-0.39, 0.29) is 17.2 Å². The normalized spacial score (nSPS) is 10.3. The zero-order valence-corrected chi connectivity index (χ0v) is 15.0. The Kier molecular flexibility index (Phi) is 5.22. The molecule has 0 saturated carbocycles. The largest absolute Gasteiger partial charge is 0.478 e. The molecule has 0 radical (unpaired) electrons. The molecule has 0 saturated heterocycles. The molecule has 0 bridgehead atoms. The van der Waals surface area contributed by atoms with Gasteiger partial charge in [0.05, 0.1) is 11.3 Å². The van der Waals surface area contributed by atoms with E-state index in [0.717, 1.165) is 11.1 Å². The van der Waals surface area contributed by atoms with Gasteiger partial charge in [-0.1, -0.05) is 30.3 Å². The average Bonchev–Trinajstić information content (AvgIpc) is 2.64. The van der Waals surface area contributed by atoms with Gasteiger partial charge in [0.2, 0.25) is 0 Å². The van der Waals surface area contributed by atoms with Gasteiger partial charge in [-0.2, -0.15) is 0 Å². The van der Waals surface area contributed by atoms with Crippen molar-refractivity contribution < 1.29 is 19.4 Å². The highest BCUT2D eigenvalue weighted by Gasteiger charge is 2.16. The van der Waals surface area contributed by atoms with Crippen LogP contribution in [0.15, 0.2) is 66.7 Å². The summed E-state index contributed by atoms with van der Waals surface area (Å²) >= 11 is 0. The molecule has 136 valence electrons. The van der Waals surface area contributed by atoms with Gasteiger partial charge < -0.3 is 15.2 Å². The highest BCUT2D eigenvalue weighted by atomic mass is 16.5. The SMILES string of the molecule is Cc1cccc(C(=O)Nc2cc(Oc3ccccc3)ccc2C(=O)O)c1C. The van der Waals surface area contributed by atoms with E-state index < -0.39 is 5.97 Å². The summed E-state index contributed by atoms with van der Waals surface area (Å²) in [6.45, 7) is 3.78. The molecule has 5 nitrogen and oxygen atoms in total. The minimum absolute atomic E-state index is 0.00549. The van der Waals surface area contributed by atoms with Crippen LogP contribution in [0.4, 0.5) is 5.69 Å². The molecule has 0 spiro atoms. The maximum atomic E-state index is 12.7. The lowest BCUT2D eigenvalue weighted by molar-refractivity contribution is 0.0698. The molecular formula is C22H19NO4. The molecule has 5 heteroatoms. The standard InChI is InChI=1S/C22H19NO4/c1-14-7-6-10-18(15(14)2)21(24)23-20-13-17(11-12-19(20)22(25)26)27-16-8-4-3-5-9-16/h3-13H,1-2H3,(H,23,24)(H,25,26). The molecule has 0 unspecified atom stereocenters. The summed E-state index contributed by atoms with van der Waals surface area (Å²) in [5.74, 6) is -0.442. The Morgan fingerprint density at radius 3 is 2.30 bits per heavy atom. The number of anilines is 1. The van der Waals surface area contributed by atoms with Crippen LogP contribution < -0.4 is 10.1 Å². The molecule has 3 aromatic rings. The second-order valence-electron chi connectivity index (χ2n) is 6.13. The molecule has 0 fully saturated rings. The maximum absolute atomic E-state index is 12.7. The van der Waals surface area contributed by atoms with E-state index in [2.05, 4.69) is 5.32 Å². The summed E-state index contributed by atoms with van der Waals surface area (Å²) in [7, 11) is 0. The van der Waals surface area contributed by atoms with Crippen molar-refractivity contribution >= 4 is 17.6 Å². The Hall–Kier alpha value is -3.60. The summed E-state index contributed by atoms with van der Waals surface area (Å²) in [6.07, 6.45) is 0. The number of ether oxygens (including phenoxy) is 1. The Morgan fingerprint density at radius 2 is 1.59 bits per heavy atom. The fourth-order valence-corrected chi connectivity index (χ4v) is 2.69. The highest BCUT2D eigenvalue weighted by Crippen LogP contribution is 2.28. The van der Waals surface area contributed by atoms with Crippen LogP contribution in [0.25, 0.3) is 0 Å². The predicted octanol–water partition coefficient (Wildman–Crippen LogP) is 5.05. The third-order valence-corrected chi connectivity index (χ3v) is 4.30. The second-order valence-corrected chi connectivity index (χ2v) is 6.13. The molecule has 3 aromatic carbocycles. The molecular weight excluding hydrogens is 342 g/mol. The number of nitrogens with one attached hydrogen (secondary N) is 1. The summed E-state index contributed by atoms with van der Waals surface area (Å²) in [6, 6.07) is 19.0. The van der Waals surface area contributed by atoms with Crippen molar-refractivity contribution in [2.24, 2.45) is 0 Å². The number of carbonyl (C=O) groups is 2. The van der Waals surface area contributed by atoms with Crippen LogP contribution in [0.5, 0.6) is 11.5 Å².